The van der Waals surface area contributed by atoms with Crippen LogP contribution in [0.1, 0.15) is 37.3 Å². The summed E-state index contributed by atoms with van der Waals surface area (Å²) in [6, 6.07) is 2.01. The van der Waals surface area contributed by atoms with Gasteiger partial charge in [-0.1, -0.05) is 0 Å². The monoisotopic (exact) mass is 321 g/mol. The lowest BCUT2D eigenvalue weighted by atomic mass is 10.2. The highest BCUT2D eigenvalue weighted by Crippen LogP contribution is 2.39. The number of amides is 2. The Labute approximate surface area is 134 Å². The van der Waals surface area contributed by atoms with Crippen molar-refractivity contribution in [2.45, 2.75) is 31.6 Å². The number of carbonyl (C=O) groups excluding carboxylic acids is 1. The number of aromatic nitrogens is 2. The zero-order valence-electron chi connectivity index (χ0n) is 13.1. The summed E-state index contributed by atoms with van der Waals surface area (Å²) in [6.45, 7) is 3.22. The number of hydrogen-bond donors (Lipinski definition) is 3. The molecule has 8 heteroatoms. The molecule has 0 spiro atoms. The zero-order chi connectivity index (χ0) is 16.2. The number of piperazine rings is 1. The van der Waals surface area contributed by atoms with Gasteiger partial charge in [0.05, 0.1) is 0 Å². The first-order chi connectivity index (χ1) is 11.1. The number of aromatic amines is 1. The highest BCUT2D eigenvalue weighted by atomic mass is 16.4. The van der Waals surface area contributed by atoms with Crippen molar-refractivity contribution in [2.24, 2.45) is 0 Å². The number of aliphatic carboxylic acids is 1. The number of nitrogens with zero attached hydrogens (tertiary/aromatic N) is 3. The van der Waals surface area contributed by atoms with Gasteiger partial charge in [-0.05, 0) is 19.3 Å². The molecule has 0 radical (unpaired) electrons. The Bertz CT molecular complexity index is 561. The van der Waals surface area contributed by atoms with Crippen LogP contribution in [0.15, 0.2) is 6.07 Å². The van der Waals surface area contributed by atoms with Gasteiger partial charge in [0, 0.05) is 56.8 Å². The summed E-state index contributed by atoms with van der Waals surface area (Å²) >= 11 is 0. The quantitative estimate of drug-likeness (QED) is 0.678. The molecule has 0 atom stereocenters. The Hall–Kier alpha value is -2.25. The lowest BCUT2D eigenvalue weighted by Gasteiger charge is -2.34. The smallest absolute Gasteiger partial charge is 0.317 e. The summed E-state index contributed by atoms with van der Waals surface area (Å²) in [7, 11) is 0. The Morgan fingerprint density at radius 3 is 2.70 bits per heavy atom. The third-order valence-corrected chi connectivity index (χ3v) is 4.34. The van der Waals surface area contributed by atoms with Gasteiger partial charge in [-0.15, -0.1) is 0 Å². The van der Waals surface area contributed by atoms with Gasteiger partial charge in [0.25, 0.3) is 0 Å². The number of carbonyl (C=O) groups is 2. The topological polar surface area (TPSA) is 102 Å². The molecule has 2 heterocycles. The molecule has 0 unspecified atom stereocenters. The Balaban J connectivity index is 1.40. The molecule has 0 bridgehead atoms. The van der Waals surface area contributed by atoms with Crippen LogP contribution in [0.5, 0.6) is 0 Å². The normalized spacial score (nSPS) is 18.1. The van der Waals surface area contributed by atoms with Crippen molar-refractivity contribution in [2.75, 3.05) is 37.6 Å². The predicted molar refractivity (Wildman–Crippen MR) is 84.6 cm³/mol. The molecule has 1 aliphatic carbocycles. The van der Waals surface area contributed by atoms with Gasteiger partial charge in [-0.25, -0.2) is 4.79 Å². The van der Waals surface area contributed by atoms with E-state index in [9.17, 15) is 9.59 Å². The van der Waals surface area contributed by atoms with E-state index in [1.165, 1.54) is 18.5 Å². The highest BCUT2D eigenvalue weighted by molar-refractivity contribution is 5.74. The molecule has 1 aromatic heterocycles. The molecule has 2 amide bonds. The number of anilines is 1. The van der Waals surface area contributed by atoms with E-state index in [4.69, 9.17) is 5.11 Å². The van der Waals surface area contributed by atoms with E-state index in [2.05, 4.69) is 26.5 Å². The van der Waals surface area contributed by atoms with Crippen LogP contribution < -0.4 is 10.2 Å². The van der Waals surface area contributed by atoms with Gasteiger partial charge < -0.3 is 20.2 Å². The van der Waals surface area contributed by atoms with E-state index in [0.29, 0.717) is 32.0 Å². The molecule has 126 valence electrons. The van der Waals surface area contributed by atoms with Crippen LogP contribution in [0.4, 0.5) is 10.6 Å². The molecule has 3 N–H and O–H groups in total. The minimum absolute atomic E-state index is 0.0799. The Morgan fingerprint density at radius 2 is 2.04 bits per heavy atom. The summed E-state index contributed by atoms with van der Waals surface area (Å²) in [5, 5.41) is 18.8. The van der Waals surface area contributed by atoms with E-state index in [0.717, 1.165) is 18.9 Å². The zero-order valence-corrected chi connectivity index (χ0v) is 13.1. The van der Waals surface area contributed by atoms with Gasteiger partial charge in [-0.2, -0.15) is 5.10 Å². The summed E-state index contributed by atoms with van der Waals surface area (Å²) in [5.74, 6) is 0.792. The summed E-state index contributed by atoms with van der Waals surface area (Å²) in [4.78, 5) is 26.4. The van der Waals surface area contributed by atoms with Crippen LogP contribution >= 0.6 is 0 Å². The number of rotatable bonds is 6. The molecular weight excluding hydrogens is 298 g/mol. The fraction of sp³-hybridized carbons (Fsp3) is 0.667. The average molecular weight is 321 g/mol. The van der Waals surface area contributed by atoms with Crippen molar-refractivity contribution in [1.29, 1.82) is 0 Å². The maximum Gasteiger partial charge on any atom is 0.317 e. The minimum Gasteiger partial charge on any atom is -0.481 e. The second kappa shape index (κ2) is 6.89. The standard InChI is InChI=1S/C15H23N5O3/c21-14(22)2-1-5-16-15(23)20-8-6-19(7-9-20)13-10-12(17-18-13)11-3-4-11/h10-11H,1-9H2,(H,16,23)(H,17,18)(H,21,22). The molecule has 1 saturated heterocycles. The van der Waals surface area contributed by atoms with Gasteiger partial charge in [-0.3, -0.25) is 9.89 Å². The number of carboxylic acid groups (broad SMARTS) is 1. The van der Waals surface area contributed by atoms with Crippen molar-refractivity contribution < 1.29 is 14.7 Å². The maximum atomic E-state index is 12.0. The van der Waals surface area contributed by atoms with Crippen LogP contribution in [-0.4, -0.2) is 64.9 Å². The first kappa shape index (κ1) is 15.6. The van der Waals surface area contributed by atoms with E-state index in [-0.39, 0.29) is 12.5 Å². The number of carboxylic acids is 1. The van der Waals surface area contributed by atoms with Gasteiger partial charge in [0.2, 0.25) is 0 Å². The Morgan fingerprint density at radius 1 is 1.30 bits per heavy atom. The van der Waals surface area contributed by atoms with E-state index < -0.39 is 5.97 Å². The van der Waals surface area contributed by atoms with Gasteiger partial charge in [0.1, 0.15) is 0 Å². The molecular formula is C15H23N5O3. The number of urea groups is 1. The summed E-state index contributed by atoms with van der Waals surface area (Å²) in [5.41, 5.74) is 1.22. The van der Waals surface area contributed by atoms with Crippen LogP contribution in [0.25, 0.3) is 0 Å². The minimum atomic E-state index is -0.836. The van der Waals surface area contributed by atoms with Gasteiger partial charge >= 0.3 is 12.0 Å². The number of hydrogen-bond acceptors (Lipinski definition) is 4. The molecule has 8 nitrogen and oxygen atoms in total. The molecule has 23 heavy (non-hydrogen) atoms. The molecule has 0 aromatic carbocycles. The molecule has 1 saturated carbocycles. The SMILES string of the molecule is O=C(O)CCCNC(=O)N1CCN(c2cc(C3CC3)[nH]n2)CC1. The largest absolute Gasteiger partial charge is 0.481 e. The Kier molecular flexibility index (Phi) is 4.68. The molecule has 1 aliphatic heterocycles. The van der Waals surface area contributed by atoms with Crippen LogP contribution in [0.2, 0.25) is 0 Å². The fourth-order valence-electron chi connectivity index (χ4n) is 2.78. The second-order valence-corrected chi connectivity index (χ2v) is 6.16. The van der Waals surface area contributed by atoms with Crippen molar-refractivity contribution in [3.63, 3.8) is 0 Å². The van der Waals surface area contributed by atoms with Gasteiger partial charge in [0.15, 0.2) is 5.82 Å². The highest BCUT2D eigenvalue weighted by Gasteiger charge is 2.27. The second-order valence-electron chi connectivity index (χ2n) is 6.16. The number of nitrogens with one attached hydrogen (secondary N) is 2. The average Bonchev–Trinajstić information content (AvgIpc) is 3.29. The van der Waals surface area contributed by atoms with Crippen molar-refractivity contribution in [3.05, 3.63) is 11.8 Å². The third kappa shape index (κ3) is 4.14. The molecule has 3 rings (SSSR count). The predicted octanol–water partition coefficient (Wildman–Crippen LogP) is 0.983. The third-order valence-electron chi connectivity index (χ3n) is 4.34. The van der Waals surface area contributed by atoms with Crippen molar-refractivity contribution in [3.8, 4) is 0 Å². The van der Waals surface area contributed by atoms with E-state index in [1.54, 1.807) is 4.90 Å². The summed E-state index contributed by atoms with van der Waals surface area (Å²) in [6.07, 6.45) is 3.03. The van der Waals surface area contributed by atoms with E-state index in [1.807, 2.05) is 0 Å². The fourth-order valence-corrected chi connectivity index (χ4v) is 2.78. The van der Waals surface area contributed by atoms with Crippen LogP contribution in [-0.2, 0) is 4.79 Å². The summed E-state index contributed by atoms with van der Waals surface area (Å²) < 4.78 is 0. The van der Waals surface area contributed by atoms with Crippen LogP contribution in [0, 0.1) is 0 Å². The molecule has 2 aliphatic rings. The first-order valence-electron chi connectivity index (χ1n) is 8.18. The van der Waals surface area contributed by atoms with Crippen molar-refractivity contribution in [1.82, 2.24) is 20.4 Å². The molecule has 1 aromatic rings. The lowest BCUT2D eigenvalue weighted by molar-refractivity contribution is -0.137. The number of H-pyrrole nitrogens is 1. The lowest BCUT2D eigenvalue weighted by Crippen LogP contribution is -2.52. The van der Waals surface area contributed by atoms with E-state index >= 15 is 0 Å². The van der Waals surface area contributed by atoms with Crippen molar-refractivity contribution >= 4 is 17.8 Å². The first-order valence-corrected chi connectivity index (χ1v) is 8.18. The molecule has 2 fully saturated rings. The maximum absolute atomic E-state index is 12.0. The van der Waals surface area contributed by atoms with Crippen LogP contribution in [0.3, 0.4) is 0 Å².